The fourth-order valence-electron chi connectivity index (χ4n) is 2.82. The lowest BCUT2D eigenvalue weighted by molar-refractivity contribution is -0.143. The van der Waals surface area contributed by atoms with Crippen LogP contribution in [0.3, 0.4) is 0 Å². The van der Waals surface area contributed by atoms with Crippen molar-refractivity contribution in [2.75, 3.05) is 0 Å². The molecular weight excluding hydrogens is 322 g/mol. The molecule has 5 atom stereocenters. The molecule has 1 amide bonds. The van der Waals surface area contributed by atoms with Crippen LogP contribution in [0, 0.1) is 5.92 Å². The summed E-state index contributed by atoms with van der Waals surface area (Å²) < 4.78 is 11.0. The van der Waals surface area contributed by atoms with Gasteiger partial charge < -0.3 is 14.8 Å². The second kappa shape index (κ2) is 10.1. The van der Waals surface area contributed by atoms with E-state index >= 15 is 0 Å². The van der Waals surface area contributed by atoms with Crippen molar-refractivity contribution in [3.05, 3.63) is 23.8 Å². The molecule has 1 fully saturated rings. The van der Waals surface area contributed by atoms with Crippen molar-refractivity contribution in [2.45, 2.75) is 71.8 Å². The lowest BCUT2D eigenvalue weighted by Gasteiger charge is -2.39. The van der Waals surface area contributed by atoms with E-state index in [0.29, 0.717) is 12.0 Å². The monoisotopic (exact) mass is 351 g/mol. The predicted octanol–water partition coefficient (Wildman–Crippen LogP) is 2.33. The first-order valence-electron chi connectivity index (χ1n) is 8.66. The van der Waals surface area contributed by atoms with Crippen LogP contribution in [0.1, 0.15) is 47.5 Å². The number of nitrogens with one attached hydrogen (secondary N) is 1. The Morgan fingerprint density at radius 2 is 2.00 bits per heavy atom. The third-order valence-electron chi connectivity index (χ3n) is 4.27. The minimum Gasteiger partial charge on any atom is -0.459 e. The van der Waals surface area contributed by atoms with Crippen LogP contribution in [0.5, 0.6) is 0 Å². The molecule has 0 aromatic heterocycles. The number of hydrogen-bond donors (Lipinski definition) is 1. The minimum atomic E-state index is -0.445. The lowest BCUT2D eigenvalue weighted by Crippen LogP contribution is -2.50. The third-order valence-corrected chi connectivity index (χ3v) is 4.27. The SMILES string of the molecule is CC(=O)O[C@@H](C)/C=C\C(=O)N[C@@H]1C[C@H](C)[C@H](C/C=C(\C)C=O)O[C@@H]1C. The average molecular weight is 351 g/mol. The standard InChI is InChI=1S/C19H29NO5/c1-12(11-21)6-8-18-13(2)10-17(15(4)25-18)20-19(23)9-7-14(3)24-16(5)22/h6-7,9,11,13-15,17-18H,8,10H2,1-5H3,(H,20,23)/b9-7-,12-6+/t13-,14-,15+,17+,18-/m0/s1. The maximum atomic E-state index is 12.0. The van der Waals surface area contributed by atoms with E-state index in [0.717, 1.165) is 12.7 Å². The highest BCUT2D eigenvalue weighted by Crippen LogP contribution is 2.27. The van der Waals surface area contributed by atoms with Crippen molar-refractivity contribution in [2.24, 2.45) is 5.92 Å². The van der Waals surface area contributed by atoms with Crippen molar-refractivity contribution in [1.82, 2.24) is 5.32 Å². The normalized spacial score (nSPS) is 28.4. The van der Waals surface area contributed by atoms with Gasteiger partial charge in [0, 0.05) is 13.0 Å². The fourth-order valence-corrected chi connectivity index (χ4v) is 2.82. The van der Waals surface area contributed by atoms with Gasteiger partial charge in [-0.1, -0.05) is 13.0 Å². The molecule has 0 radical (unpaired) electrons. The van der Waals surface area contributed by atoms with Gasteiger partial charge in [0.05, 0.1) is 18.2 Å². The van der Waals surface area contributed by atoms with Gasteiger partial charge in [-0.3, -0.25) is 14.4 Å². The molecule has 0 aromatic carbocycles. The molecule has 0 unspecified atom stereocenters. The zero-order valence-electron chi connectivity index (χ0n) is 15.7. The molecule has 1 N–H and O–H groups in total. The first-order chi connectivity index (χ1) is 11.7. The number of carbonyl (C=O) groups is 3. The highest BCUT2D eigenvalue weighted by molar-refractivity contribution is 5.87. The van der Waals surface area contributed by atoms with Crippen LogP contribution >= 0.6 is 0 Å². The molecule has 0 spiro atoms. The molecule has 1 aliphatic heterocycles. The summed E-state index contributed by atoms with van der Waals surface area (Å²) in [4.78, 5) is 33.6. The predicted molar refractivity (Wildman–Crippen MR) is 94.9 cm³/mol. The van der Waals surface area contributed by atoms with Gasteiger partial charge in [0.1, 0.15) is 12.4 Å². The Labute approximate surface area is 149 Å². The molecule has 25 heavy (non-hydrogen) atoms. The van der Waals surface area contributed by atoms with E-state index in [1.54, 1.807) is 19.9 Å². The number of allylic oxidation sites excluding steroid dienone is 1. The summed E-state index contributed by atoms with van der Waals surface area (Å²) in [6, 6.07) is -0.0800. The van der Waals surface area contributed by atoms with Gasteiger partial charge >= 0.3 is 5.97 Å². The number of ether oxygens (including phenoxy) is 2. The summed E-state index contributed by atoms with van der Waals surface area (Å²) in [6.45, 7) is 8.81. The maximum Gasteiger partial charge on any atom is 0.303 e. The first-order valence-corrected chi connectivity index (χ1v) is 8.66. The van der Waals surface area contributed by atoms with Crippen LogP contribution < -0.4 is 5.32 Å². The Morgan fingerprint density at radius 3 is 2.60 bits per heavy atom. The Bertz CT molecular complexity index is 540. The molecule has 0 bridgehead atoms. The summed E-state index contributed by atoms with van der Waals surface area (Å²) >= 11 is 0. The van der Waals surface area contributed by atoms with Gasteiger partial charge in [0.2, 0.25) is 5.91 Å². The maximum absolute atomic E-state index is 12.0. The van der Waals surface area contributed by atoms with Crippen molar-refractivity contribution < 1.29 is 23.9 Å². The van der Waals surface area contributed by atoms with Gasteiger partial charge in [0.25, 0.3) is 0 Å². The van der Waals surface area contributed by atoms with E-state index in [2.05, 4.69) is 12.2 Å². The second-order valence-electron chi connectivity index (χ2n) is 6.68. The van der Waals surface area contributed by atoms with E-state index in [1.807, 2.05) is 13.0 Å². The number of hydrogen-bond acceptors (Lipinski definition) is 5. The zero-order valence-corrected chi connectivity index (χ0v) is 15.7. The van der Waals surface area contributed by atoms with E-state index in [9.17, 15) is 14.4 Å². The quantitative estimate of drug-likeness (QED) is 0.432. The lowest BCUT2D eigenvalue weighted by atomic mass is 9.88. The molecule has 1 heterocycles. The summed E-state index contributed by atoms with van der Waals surface area (Å²) in [5.41, 5.74) is 0.700. The number of amides is 1. The van der Waals surface area contributed by atoms with E-state index in [-0.39, 0.29) is 36.0 Å². The van der Waals surface area contributed by atoms with E-state index in [4.69, 9.17) is 9.47 Å². The van der Waals surface area contributed by atoms with Crippen molar-refractivity contribution in [3.8, 4) is 0 Å². The molecule has 0 aromatic rings. The Balaban J connectivity index is 2.53. The molecule has 6 nitrogen and oxygen atoms in total. The molecule has 0 saturated carbocycles. The molecule has 0 aliphatic carbocycles. The van der Waals surface area contributed by atoms with Gasteiger partial charge in [-0.2, -0.15) is 0 Å². The number of rotatable bonds is 7. The van der Waals surface area contributed by atoms with Crippen LogP contribution in [0.2, 0.25) is 0 Å². The zero-order chi connectivity index (χ0) is 19.0. The van der Waals surface area contributed by atoms with Gasteiger partial charge in [-0.25, -0.2) is 0 Å². The summed E-state index contributed by atoms with van der Waals surface area (Å²) in [5, 5.41) is 2.94. The van der Waals surface area contributed by atoms with Crippen LogP contribution in [0.4, 0.5) is 0 Å². The number of carbonyl (C=O) groups excluding carboxylic acids is 3. The molecule has 1 rings (SSSR count). The van der Waals surface area contributed by atoms with Crippen LogP contribution in [-0.2, 0) is 23.9 Å². The Kier molecular flexibility index (Phi) is 8.55. The molecule has 140 valence electrons. The second-order valence-corrected chi connectivity index (χ2v) is 6.68. The highest BCUT2D eigenvalue weighted by Gasteiger charge is 2.33. The van der Waals surface area contributed by atoms with E-state index in [1.165, 1.54) is 13.0 Å². The largest absolute Gasteiger partial charge is 0.459 e. The summed E-state index contributed by atoms with van der Waals surface area (Å²) in [7, 11) is 0. The van der Waals surface area contributed by atoms with Crippen LogP contribution in [-0.4, -0.2) is 42.5 Å². The molecular formula is C19H29NO5. The topological polar surface area (TPSA) is 81.7 Å². The number of esters is 1. The van der Waals surface area contributed by atoms with Crippen molar-refractivity contribution >= 4 is 18.2 Å². The Hall–Kier alpha value is -1.95. The third kappa shape index (κ3) is 7.65. The first kappa shape index (κ1) is 21.1. The Morgan fingerprint density at radius 1 is 1.32 bits per heavy atom. The molecule has 1 saturated heterocycles. The average Bonchev–Trinajstić information content (AvgIpc) is 2.53. The van der Waals surface area contributed by atoms with Gasteiger partial charge in [0.15, 0.2) is 0 Å². The molecule has 6 heteroatoms. The van der Waals surface area contributed by atoms with Crippen molar-refractivity contribution in [1.29, 1.82) is 0 Å². The van der Waals surface area contributed by atoms with E-state index < -0.39 is 6.10 Å². The smallest absolute Gasteiger partial charge is 0.303 e. The molecule has 1 aliphatic rings. The van der Waals surface area contributed by atoms with Gasteiger partial charge in [-0.05, 0) is 51.2 Å². The van der Waals surface area contributed by atoms with Crippen molar-refractivity contribution in [3.63, 3.8) is 0 Å². The highest BCUT2D eigenvalue weighted by atomic mass is 16.5. The fraction of sp³-hybridized carbons (Fsp3) is 0.632. The minimum absolute atomic E-state index is 0.0394. The number of aldehydes is 1. The van der Waals surface area contributed by atoms with Crippen LogP contribution in [0.15, 0.2) is 23.8 Å². The van der Waals surface area contributed by atoms with Crippen LogP contribution in [0.25, 0.3) is 0 Å². The summed E-state index contributed by atoms with van der Waals surface area (Å²) in [5.74, 6) is -0.353. The summed E-state index contributed by atoms with van der Waals surface area (Å²) in [6.07, 6.45) is 6.63. The van der Waals surface area contributed by atoms with Gasteiger partial charge in [-0.15, -0.1) is 0 Å².